The van der Waals surface area contributed by atoms with Gasteiger partial charge < -0.3 is 9.64 Å². The minimum Gasteiger partial charge on any atom is -0.444 e. The lowest BCUT2D eigenvalue weighted by atomic mass is 9.98. The largest absolute Gasteiger partial charge is 0.444 e. The van der Waals surface area contributed by atoms with E-state index < -0.39 is 5.60 Å². The van der Waals surface area contributed by atoms with Crippen LogP contribution in [0.2, 0.25) is 0 Å². The molecule has 0 N–H and O–H groups in total. The van der Waals surface area contributed by atoms with Crippen molar-refractivity contribution in [1.82, 2.24) is 9.80 Å². The van der Waals surface area contributed by atoms with Crippen molar-refractivity contribution < 1.29 is 9.53 Å². The summed E-state index contributed by atoms with van der Waals surface area (Å²) in [5.74, 6) is 0. The highest BCUT2D eigenvalue weighted by molar-refractivity contribution is 5.72. The molecule has 0 saturated heterocycles. The van der Waals surface area contributed by atoms with Gasteiger partial charge in [-0.15, -0.1) is 0 Å². The molecule has 4 rings (SSSR count). The molecule has 4 heteroatoms. The molecule has 1 heterocycles. The third-order valence-electron chi connectivity index (χ3n) is 6.40. The Morgan fingerprint density at radius 3 is 1.92 bits per heavy atom. The van der Waals surface area contributed by atoms with Crippen LogP contribution in [0.25, 0.3) is 5.57 Å². The van der Waals surface area contributed by atoms with Crippen molar-refractivity contribution in [3.63, 3.8) is 0 Å². The van der Waals surface area contributed by atoms with Gasteiger partial charge in [-0.25, -0.2) is 4.79 Å². The molecule has 0 spiro atoms. The molecule has 0 radical (unpaired) electrons. The second-order valence-electron chi connectivity index (χ2n) is 10.5. The smallest absolute Gasteiger partial charge is 0.410 e. The van der Waals surface area contributed by atoms with Crippen molar-refractivity contribution in [2.75, 3.05) is 19.6 Å². The minimum atomic E-state index is -0.464. The average molecular weight is 483 g/mol. The van der Waals surface area contributed by atoms with Crippen molar-refractivity contribution in [2.24, 2.45) is 0 Å². The first-order chi connectivity index (χ1) is 17.4. The van der Waals surface area contributed by atoms with Crippen LogP contribution in [0.5, 0.6) is 0 Å². The van der Waals surface area contributed by atoms with E-state index in [4.69, 9.17) is 4.74 Å². The van der Waals surface area contributed by atoms with Gasteiger partial charge in [-0.2, -0.15) is 0 Å². The number of hydrogen-bond acceptors (Lipinski definition) is 3. The maximum absolute atomic E-state index is 12.3. The van der Waals surface area contributed by atoms with Crippen LogP contribution in [-0.4, -0.2) is 41.1 Å². The van der Waals surface area contributed by atoms with Gasteiger partial charge in [-0.1, -0.05) is 91.0 Å². The predicted octanol–water partition coefficient (Wildman–Crippen LogP) is 6.96. The fourth-order valence-corrected chi connectivity index (χ4v) is 4.49. The van der Waals surface area contributed by atoms with Gasteiger partial charge in [0.15, 0.2) is 0 Å². The second-order valence-corrected chi connectivity index (χ2v) is 10.5. The van der Waals surface area contributed by atoms with Gasteiger partial charge in [-0.3, -0.25) is 4.90 Å². The summed E-state index contributed by atoms with van der Waals surface area (Å²) >= 11 is 0. The summed E-state index contributed by atoms with van der Waals surface area (Å²) in [6.45, 7) is 9.87. The Morgan fingerprint density at radius 2 is 1.42 bits per heavy atom. The summed E-state index contributed by atoms with van der Waals surface area (Å²) in [5.41, 5.74) is 6.11. The first-order valence-corrected chi connectivity index (χ1v) is 12.9. The summed E-state index contributed by atoms with van der Waals surface area (Å²) in [7, 11) is 0. The van der Waals surface area contributed by atoms with Gasteiger partial charge in [0, 0.05) is 32.7 Å². The summed E-state index contributed by atoms with van der Waals surface area (Å²) in [5, 5.41) is 0. The van der Waals surface area contributed by atoms with E-state index in [0.29, 0.717) is 13.1 Å². The summed E-state index contributed by atoms with van der Waals surface area (Å²) in [6.07, 6.45) is 3.78. The standard InChI is InChI=1S/C32H38N2O2/c1-32(2,3)36-31(35)34-22-19-30(20-23-34)29-16-14-26(15-17-29)18-21-33(24-27-10-6-4-7-11-27)25-28-12-8-5-9-13-28/h4-17,19H,18,20-25H2,1-3H3. The summed E-state index contributed by atoms with van der Waals surface area (Å²) in [6, 6.07) is 30.4. The Kier molecular flexibility index (Phi) is 8.61. The van der Waals surface area contributed by atoms with Crippen LogP contribution in [0, 0.1) is 0 Å². The Labute approximate surface area is 216 Å². The second kappa shape index (κ2) is 12.0. The first-order valence-electron chi connectivity index (χ1n) is 12.9. The molecule has 0 atom stereocenters. The Bertz CT molecular complexity index is 1090. The van der Waals surface area contributed by atoms with Crippen molar-refractivity contribution in [2.45, 2.75) is 52.3 Å². The lowest BCUT2D eigenvalue weighted by Gasteiger charge is -2.29. The van der Waals surface area contributed by atoms with Gasteiger partial charge in [0.05, 0.1) is 0 Å². The van der Waals surface area contributed by atoms with Crippen LogP contribution < -0.4 is 0 Å². The van der Waals surface area contributed by atoms with Crippen molar-refractivity contribution >= 4 is 11.7 Å². The predicted molar refractivity (Wildman–Crippen MR) is 148 cm³/mol. The molecular weight excluding hydrogens is 444 g/mol. The molecule has 1 amide bonds. The van der Waals surface area contributed by atoms with Crippen molar-refractivity contribution in [1.29, 1.82) is 0 Å². The van der Waals surface area contributed by atoms with Gasteiger partial charge in [0.1, 0.15) is 5.60 Å². The van der Waals surface area contributed by atoms with E-state index in [9.17, 15) is 4.79 Å². The summed E-state index contributed by atoms with van der Waals surface area (Å²) in [4.78, 5) is 16.6. The molecule has 0 aromatic heterocycles. The number of nitrogens with zero attached hydrogens (tertiary/aromatic N) is 2. The molecule has 4 nitrogen and oxygen atoms in total. The molecule has 0 unspecified atom stereocenters. The monoisotopic (exact) mass is 482 g/mol. The van der Waals surface area contributed by atoms with E-state index >= 15 is 0 Å². The third-order valence-corrected chi connectivity index (χ3v) is 6.40. The van der Waals surface area contributed by atoms with Crippen LogP contribution in [0.3, 0.4) is 0 Å². The van der Waals surface area contributed by atoms with Crippen molar-refractivity contribution in [3.8, 4) is 0 Å². The van der Waals surface area contributed by atoms with Crippen LogP contribution in [0.4, 0.5) is 4.79 Å². The number of rotatable bonds is 8. The van der Waals surface area contributed by atoms with Gasteiger partial charge in [0.25, 0.3) is 0 Å². The quantitative estimate of drug-likeness (QED) is 0.348. The third kappa shape index (κ3) is 7.82. The van der Waals surface area contributed by atoms with Crippen LogP contribution in [0.15, 0.2) is 91.0 Å². The van der Waals surface area contributed by atoms with Crippen LogP contribution in [-0.2, 0) is 24.2 Å². The van der Waals surface area contributed by atoms with E-state index in [1.54, 1.807) is 4.90 Å². The molecule has 3 aromatic rings. The Hall–Kier alpha value is -3.37. The Balaban J connectivity index is 1.34. The molecular formula is C32H38N2O2. The number of hydrogen-bond donors (Lipinski definition) is 0. The van der Waals surface area contributed by atoms with Crippen LogP contribution >= 0.6 is 0 Å². The molecule has 0 fully saturated rings. The maximum atomic E-state index is 12.3. The zero-order chi connectivity index (χ0) is 25.4. The topological polar surface area (TPSA) is 32.8 Å². The SMILES string of the molecule is CC(C)(C)OC(=O)N1CC=C(c2ccc(CCN(Cc3ccccc3)Cc3ccccc3)cc2)CC1. The highest BCUT2D eigenvalue weighted by Crippen LogP contribution is 2.24. The zero-order valence-electron chi connectivity index (χ0n) is 21.8. The fraction of sp³-hybridized carbons (Fsp3) is 0.344. The molecule has 0 saturated carbocycles. The van der Waals surface area contributed by atoms with E-state index in [1.807, 2.05) is 20.8 Å². The van der Waals surface area contributed by atoms with Gasteiger partial charge in [0.2, 0.25) is 0 Å². The molecule has 36 heavy (non-hydrogen) atoms. The van der Waals surface area contributed by atoms with E-state index in [0.717, 1.165) is 32.5 Å². The first kappa shape index (κ1) is 25.7. The van der Waals surface area contributed by atoms with E-state index in [2.05, 4.69) is 95.9 Å². The normalized spacial score (nSPS) is 14.0. The average Bonchev–Trinajstić information content (AvgIpc) is 2.88. The highest BCUT2D eigenvalue weighted by atomic mass is 16.6. The fourth-order valence-electron chi connectivity index (χ4n) is 4.49. The number of ether oxygens (including phenoxy) is 1. The van der Waals surface area contributed by atoms with Crippen molar-refractivity contribution in [3.05, 3.63) is 113 Å². The zero-order valence-corrected chi connectivity index (χ0v) is 21.8. The lowest BCUT2D eigenvalue weighted by molar-refractivity contribution is 0.0270. The highest BCUT2D eigenvalue weighted by Gasteiger charge is 2.23. The molecule has 1 aliphatic heterocycles. The summed E-state index contributed by atoms with van der Waals surface area (Å²) < 4.78 is 5.51. The number of carbonyl (C=O) groups excluding carboxylic acids is 1. The van der Waals surface area contributed by atoms with E-state index in [-0.39, 0.29) is 6.09 Å². The number of benzene rings is 3. The molecule has 1 aliphatic rings. The maximum Gasteiger partial charge on any atom is 0.410 e. The molecule has 0 aliphatic carbocycles. The molecule has 0 bridgehead atoms. The van der Waals surface area contributed by atoms with E-state index in [1.165, 1.54) is 27.8 Å². The molecule has 3 aromatic carbocycles. The number of carbonyl (C=O) groups is 1. The number of amides is 1. The minimum absolute atomic E-state index is 0.233. The molecule has 188 valence electrons. The van der Waals surface area contributed by atoms with Crippen LogP contribution in [0.1, 0.15) is 49.4 Å². The Morgan fingerprint density at radius 1 is 0.833 bits per heavy atom. The van der Waals surface area contributed by atoms with Gasteiger partial charge in [-0.05, 0) is 61.4 Å². The lowest BCUT2D eigenvalue weighted by Crippen LogP contribution is -2.39. The van der Waals surface area contributed by atoms with Gasteiger partial charge >= 0.3 is 6.09 Å².